The fraction of sp³-hybridized carbons (Fsp3) is 0.143. The van der Waals surface area contributed by atoms with Gasteiger partial charge in [-0.15, -0.1) is 0 Å². The van der Waals surface area contributed by atoms with Crippen molar-refractivity contribution >= 4 is 16.9 Å². The van der Waals surface area contributed by atoms with Crippen LogP contribution >= 0.6 is 0 Å². The second kappa shape index (κ2) is 8.23. The molecule has 136 valence electrons. The van der Waals surface area contributed by atoms with Gasteiger partial charge in [0.05, 0.1) is 24.0 Å². The molecule has 0 radical (unpaired) electrons. The standard InChI is InChI=1S/C21H19N3O3/c1-2-7-20-16(4-1)8-9-17(24-20)15-27-19-6-3-5-18(14-19)25-12-10-22-21-23-11-13-26-21/h1-9,11,13-14H,10,12,15H2,(H,22,23). The van der Waals surface area contributed by atoms with Crippen LogP contribution in [-0.4, -0.2) is 23.1 Å². The van der Waals surface area contributed by atoms with Crippen molar-refractivity contribution in [2.24, 2.45) is 0 Å². The van der Waals surface area contributed by atoms with Gasteiger partial charge in [0.1, 0.15) is 31.0 Å². The molecule has 0 bridgehead atoms. The van der Waals surface area contributed by atoms with E-state index in [9.17, 15) is 0 Å². The number of para-hydroxylation sites is 1. The fourth-order valence-corrected chi connectivity index (χ4v) is 2.64. The molecule has 0 aliphatic heterocycles. The van der Waals surface area contributed by atoms with Crippen LogP contribution in [0.4, 0.5) is 6.01 Å². The number of ether oxygens (including phenoxy) is 2. The molecule has 2 aromatic carbocycles. The predicted molar refractivity (Wildman–Crippen MR) is 103 cm³/mol. The van der Waals surface area contributed by atoms with Crippen molar-refractivity contribution in [3.63, 3.8) is 0 Å². The van der Waals surface area contributed by atoms with E-state index in [4.69, 9.17) is 13.9 Å². The highest BCUT2D eigenvalue weighted by Crippen LogP contribution is 2.21. The molecular formula is C21H19N3O3. The van der Waals surface area contributed by atoms with Crippen LogP contribution in [0.15, 0.2) is 77.5 Å². The normalized spacial score (nSPS) is 10.7. The third-order valence-electron chi connectivity index (χ3n) is 3.93. The summed E-state index contributed by atoms with van der Waals surface area (Å²) in [6.07, 6.45) is 3.11. The van der Waals surface area contributed by atoms with Crippen molar-refractivity contribution < 1.29 is 13.9 Å². The van der Waals surface area contributed by atoms with Crippen molar-refractivity contribution in [2.75, 3.05) is 18.5 Å². The average molecular weight is 361 g/mol. The van der Waals surface area contributed by atoms with E-state index in [-0.39, 0.29) is 0 Å². The van der Waals surface area contributed by atoms with Gasteiger partial charge in [-0.05, 0) is 24.3 Å². The summed E-state index contributed by atoms with van der Waals surface area (Å²) < 4.78 is 16.7. The Kier molecular flexibility index (Phi) is 5.15. The smallest absolute Gasteiger partial charge is 0.294 e. The molecule has 0 unspecified atom stereocenters. The molecule has 2 heterocycles. The highest BCUT2D eigenvalue weighted by Gasteiger charge is 2.02. The van der Waals surface area contributed by atoms with Crippen LogP contribution in [0.2, 0.25) is 0 Å². The van der Waals surface area contributed by atoms with Gasteiger partial charge in [-0.2, -0.15) is 0 Å². The molecule has 2 aromatic heterocycles. The molecule has 1 N–H and O–H groups in total. The number of aromatic nitrogens is 2. The molecule has 0 amide bonds. The topological polar surface area (TPSA) is 69.4 Å². The Morgan fingerprint density at radius 3 is 2.70 bits per heavy atom. The lowest BCUT2D eigenvalue weighted by atomic mass is 10.2. The first kappa shape index (κ1) is 16.9. The quantitative estimate of drug-likeness (QED) is 0.472. The highest BCUT2D eigenvalue weighted by atomic mass is 16.5. The lowest BCUT2D eigenvalue weighted by Gasteiger charge is -2.10. The van der Waals surface area contributed by atoms with Crippen LogP contribution in [-0.2, 0) is 6.61 Å². The molecule has 4 aromatic rings. The number of anilines is 1. The summed E-state index contributed by atoms with van der Waals surface area (Å²) in [5.74, 6) is 1.48. The molecule has 0 saturated carbocycles. The second-order valence-electron chi connectivity index (χ2n) is 5.87. The van der Waals surface area contributed by atoms with Gasteiger partial charge in [0.15, 0.2) is 0 Å². The number of rotatable bonds is 8. The molecule has 4 rings (SSSR count). The molecular weight excluding hydrogens is 342 g/mol. The summed E-state index contributed by atoms with van der Waals surface area (Å²) in [6.45, 7) is 1.48. The Morgan fingerprint density at radius 1 is 0.926 bits per heavy atom. The summed E-state index contributed by atoms with van der Waals surface area (Å²) in [4.78, 5) is 8.61. The largest absolute Gasteiger partial charge is 0.492 e. The van der Waals surface area contributed by atoms with Crippen LogP contribution in [0.1, 0.15) is 5.69 Å². The first-order valence-corrected chi connectivity index (χ1v) is 8.70. The van der Waals surface area contributed by atoms with Gasteiger partial charge in [0.25, 0.3) is 6.01 Å². The van der Waals surface area contributed by atoms with Crippen LogP contribution in [0.5, 0.6) is 11.5 Å². The molecule has 27 heavy (non-hydrogen) atoms. The lowest BCUT2D eigenvalue weighted by molar-refractivity contribution is 0.295. The second-order valence-corrected chi connectivity index (χ2v) is 5.87. The number of oxazole rings is 1. The van der Waals surface area contributed by atoms with E-state index in [2.05, 4.69) is 21.4 Å². The van der Waals surface area contributed by atoms with Crippen molar-refractivity contribution in [3.8, 4) is 11.5 Å². The molecule has 0 aliphatic carbocycles. The Balaban J connectivity index is 1.30. The van der Waals surface area contributed by atoms with Crippen LogP contribution in [0.3, 0.4) is 0 Å². The molecule has 6 nitrogen and oxygen atoms in total. The predicted octanol–water partition coefficient (Wildman–Crippen LogP) is 4.29. The molecule has 0 saturated heterocycles. The van der Waals surface area contributed by atoms with E-state index in [0.29, 0.717) is 25.8 Å². The van der Waals surface area contributed by atoms with Gasteiger partial charge >= 0.3 is 0 Å². The van der Waals surface area contributed by atoms with Gasteiger partial charge in [-0.1, -0.05) is 30.3 Å². The minimum absolute atomic E-state index is 0.403. The first-order chi connectivity index (χ1) is 13.4. The zero-order valence-corrected chi connectivity index (χ0v) is 14.7. The number of fused-ring (bicyclic) bond motifs is 1. The van der Waals surface area contributed by atoms with Gasteiger partial charge in [-0.25, -0.2) is 9.97 Å². The first-order valence-electron chi connectivity index (χ1n) is 8.70. The van der Waals surface area contributed by atoms with Crippen molar-refractivity contribution in [3.05, 3.63) is 78.8 Å². The molecule has 0 fully saturated rings. The number of hydrogen-bond acceptors (Lipinski definition) is 6. The molecule has 0 spiro atoms. The maximum atomic E-state index is 5.86. The van der Waals surface area contributed by atoms with Gasteiger partial charge in [0, 0.05) is 11.5 Å². The van der Waals surface area contributed by atoms with Crippen LogP contribution in [0, 0.1) is 0 Å². The van der Waals surface area contributed by atoms with Gasteiger partial charge < -0.3 is 19.2 Å². The summed E-state index contributed by atoms with van der Waals surface area (Å²) in [5.41, 5.74) is 1.85. The molecule has 0 atom stereocenters. The molecule has 0 aliphatic rings. The summed E-state index contributed by atoms with van der Waals surface area (Å²) in [5, 5.41) is 4.15. The van der Waals surface area contributed by atoms with E-state index in [1.165, 1.54) is 6.26 Å². The maximum Gasteiger partial charge on any atom is 0.294 e. The van der Waals surface area contributed by atoms with Crippen molar-refractivity contribution in [2.45, 2.75) is 6.61 Å². The Bertz CT molecular complexity index is 1000. The van der Waals surface area contributed by atoms with E-state index in [0.717, 1.165) is 28.1 Å². The Morgan fingerprint density at radius 2 is 1.81 bits per heavy atom. The lowest BCUT2D eigenvalue weighted by Crippen LogP contribution is -2.11. The van der Waals surface area contributed by atoms with E-state index >= 15 is 0 Å². The maximum absolute atomic E-state index is 5.86. The summed E-state index contributed by atoms with van der Waals surface area (Å²) in [7, 11) is 0. The van der Waals surface area contributed by atoms with E-state index in [1.54, 1.807) is 6.20 Å². The zero-order valence-electron chi connectivity index (χ0n) is 14.7. The number of hydrogen-bond donors (Lipinski definition) is 1. The number of nitrogens with zero attached hydrogens (tertiary/aromatic N) is 2. The minimum Gasteiger partial charge on any atom is -0.492 e. The van der Waals surface area contributed by atoms with Crippen molar-refractivity contribution in [1.29, 1.82) is 0 Å². The monoisotopic (exact) mass is 361 g/mol. The Labute approximate surface area is 156 Å². The number of nitrogens with one attached hydrogen (secondary N) is 1. The van der Waals surface area contributed by atoms with Crippen LogP contribution < -0.4 is 14.8 Å². The third kappa shape index (κ3) is 4.55. The summed E-state index contributed by atoms with van der Waals surface area (Å²) >= 11 is 0. The zero-order chi connectivity index (χ0) is 18.3. The fourth-order valence-electron chi connectivity index (χ4n) is 2.64. The SMILES string of the molecule is c1cc(OCCNc2ncco2)cc(OCc2ccc3ccccc3n2)c1. The third-order valence-corrected chi connectivity index (χ3v) is 3.93. The van der Waals surface area contributed by atoms with Crippen molar-refractivity contribution in [1.82, 2.24) is 9.97 Å². The summed E-state index contributed by atoms with van der Waals surface area (Å²) in [6, 6.07) is 20.1. The minimum atomic E-state index is 0.403. The van der Waals surface area contributed by atoms with Gasteiger partial charge in [-0.3, -0.25) is 0 Å². The van der Waals surface area contributed by atoms with Gasteiger partial charge in [0.2, 0.25) is 0 Å². The number of pyridine rings is 1. The average Bonchev–Trinajstić information content (AvgIpc) is 3.23. The number of benzene rings is 2. The molecule has 6 heteroatoms. The Hall–Kier alpha value is -3.54. The van der Waals surface area contributed by atoms with Crippen LogP contribution in [0.25, 0.3) is 10.9 Å². The van der Waals surface area contributed by atoms with E-state index in [1.807, 2.05) is 54.6 Å². The highest BCUT2D eigenvalue weighted by molar-refractivity contribution is 5.78. The van der Waals surface area contributed by atoms with E-state index < -0.39 is 0 Å².